The minimum Gasteiger partial charge on any atom is -0.472 e. The molecule has 1 aliphatic rings. The van der Waals surface area contributed by atoms with Crippen LogP contribution in [0.4, 0.5) is 14.5 Å². The fourth-order valence-electron chi connectivity index (χ4n) is 3.63. The van der Waals surface area contributed by atoms with Gasteiger partial charge in [-0.05, 0) is 82.0 Å². The van der Waals surface area contributed by atoms with Crippen molar-refractivity contribution in [1.82, 2.24) is 9.97 Å². The van der Waals surface area contributed by atoms with Gasteiger partial charge in [0.1, 0.15) is 11.7 Å². The number of carbonyl (C=O) groups is 1. The molecule has 1 N–H and O–H groups in total. The molecule has 0 amide bonds. The molecule has 4 rings (SSSR count). The van der Waals surface area contributed by atoms with E-state index in [2.05, 4.69) is 20.0 Å². The molecule has 36 heavy (non-hydrogen) atoms. The van der Waals surface area contributed by atoms with Gasteiger partial charge in [-0.2, -0.15) is 8.78 Å². The number of hydrogen-bond donors (Lipinski definition) is 1. The van der Waals surface area contributed by atoms with Crippen molar-refractivity contribution in [3.05, 3.63) is 77.7 Å². The lowest BCUT2D eigenvalue weighted by atomic mass is 9.96. The largest absolute Gasteiger partial charge is 0.472 e. The van der Waals surface area contributed by atoms with Crippen molar-refractivity contribution in [2.45, 2.75) is 64.4 Å². The number of alkyl halides is 2. The molecule has 0 bridgehead atoms. The molecule has 0 saturated heterocycles. The Kier molecular flexibility index (Phi) is 7.67. The van der Waals surface area contributed by atoms with Gasteiger partial charge in [0.05, 0.1) is 17.3 Å². The van der Waals surface area contributed by atoms with Crippen LogP contribution >= 0.6 is 0 Å². The highest BCUT2D eigenvalue weighted by Gasteiger charge is 2.25. The van der Waals surface area contributed by atoms with Crippen molar-refractivity contribution < 1.29 is 27.8 Å². The van der Waals surface area contributed by atoms with Gasteiger partial charge in [-0.1, -0.05) is 12.1 Å². The predicted octanol–water partition coefficient (Wildman–Crippen LogP) is 6.17. The number of anilines is 1. The van der Waals surface area contributed by atoms with Crippen molar-refractivity contribution in [3.8, 4) is 11.6 Å². The highest BCUT2D eigenvalue weighted by molar-refractivity contribution is 5.90. The van der Waals surface area contributed by atoms with Gasteiger partial charge >= 0.3 is 12.6 Å². The monoisotopic (exact) mass is 497 g/mol. The molecule has 0 spiro atoms. The number of ether oxygens (including phenoxy) is 3. The summed E-state index contributed by atoms with van der Waals surface area (Å²) in [5, 5.41) is 3.38. The fourth-order valence-corrected chi connectivity index (χ4v) is 3.63. The zero-order valence-electron chi connectivity index (χ0n) is 20.4. The average molecular weight is 498 g/mol. The molecule has 2 aromatic heterocycles. The van der Waals surface area contributed by atoms with Gasteiger partial charge < -0.3 is 19.5 Å². The minimum atomic E-state index is -3.00. The van der Waals surface area contributed by atoms with E-state index >= 15 is 0 Å². The Morgan fingerprint density at radius 3 is 2.56 bits per heavy atom. The van der Waals surface area contributed by atoms with Crippen LogP contribution in [0.25, 0.3) is 0 Å². The second kappa shape index (κ2) is 10.9. The number of nitrogens with zero attached hydrogens (tertiary/aromatic N) is 2. The summed E-state index contributed by atoms with van der Waals surface area (Å²) in [6.45, 7) is 2.43. The lowest BCUT2D eigenvalue weighted by molar-refractivity contribution is -0.0532. The fraction of sp³-hybridized carbons (Fsp3) is 0.370. The summed E-state index contributed by atoms with van der Waals surface area (Å²) in [6, 6.07) is 13.1. The van der Waals surface area contributed by atoms with Crippen LogP contribution in [-0.4, -0.2) is 34.3 Å². The van der Waals surface area contributed by atoms with Gasteiger partial charge in [-0.15, -0.1) is 0 Å². The van der Waals surface area contributed by atoms with E-state index in [4.69, 9.17) is 9.47 Å². The van der Waals surface area contributed by atoms with E-state index in [1.807, 2.05) is 32.9 Å². The molecule has 1 unspecified atom stereocenters. The maximum Gasteiger partial charge on any atom is 0.387 e. The summed E-state index contributed by atoms with van der Waals surface area (Å²) in [7, 11) is 0. The second-order valence-corrected chi connectivity index (χ2v) is 9.54. The molecule has 9 heteroatoms. The molecule has 190 valence electrons. The van der Waals surface area contributed by atoms with Gasteiger partial charge in [0, 0.05) is 18.1 Å². The molecule has 1 atom stereocenters. The van der Waals surface area contributed by atoms with Gasteiger partial charge in [-0.25, -0.2) is 9.78 Å². The van der Waals surface area contributed by atoms with Crippen LogP contribution in [0, 0.1) is 0 Å². The Bertz CT molecular complexity index is 1180. The number of carbonyl (C=O) groups excluding carboxylic acids is 1. The van der Waals surface area contributed by atoms with Crippen LogP contribution in [0.3, 0.4) is 0 Å². The van der Waals surface area contributed by atoms with E-state index in [0.29, 0.717) is 16.9 Å². The third-order valence-corrected chi connectivity index (χ3v) is 5.52. The molecule has 7 nitrogen and oxygen atoms in total. The van der Waals surface area contributed by atoms with Crippen molar-refractivity contribution >= 4 is 11.7 Å². The summed E-state index contributed by atoms with van der Waals surface area (Å²) in [5.41, 5.74) is 1.71. The smallest absolute Gasteiger partial charge is 0.387 e. The Morgan fingerprint density at radius 1 is 1.11 bits per heavy atom. The lowest BCUT2D eigenvalue weighted by Crippen LogP contribution is -2.26. The molecule has 0 aliphatic heterocycles. The van der Waals surface area contributed by atoms with Gasteiger partial charge in [-0.3, -0.25) is 4.98 Å². The third kappa shape index (κ3) is 6.68. The summed E-state index contributed by atoms with van der Waals surface area (Å²) in [6.07, 6.45) is 5.95. The first kappa shape index (κ1) is 25.3. The predicted molar refractivity (Wildman–Crippen MR) is 130 cm³/mol. The molecule has 1 aliphatic carbocycles. The van der Waals surface area contributed by atoms with Crippen molar-refractivity contribution in [3.63, 3.8) is 0 Å². The average Bonchev–Trinajstić information content (AvgIpc) is 2.80. The molecule has 0 radical (unpaired) electrons. The molecule has 1 saturated carbocycles. The maximum absolute atomic E-state index is 13.0. The van der Waals surface area contributed by atoms with E-state index < -0.39 is 24.2 Å². The second-order valence-electron chi connectivity index (χ2n) is 9.54. The first-order valence-electron chi connectivity index (χ1n) is 11.8. The Morgan fingerprint density at radius 2 is 1.92 bits per heavy atom. The Labute approximate surface area is 208 Å². The van der Waals surface area contributed by atoms with Gasteiger partial charge in [0.2, 0.25) is 0 Å². The SMILES string of the molecule is CC(C)(C)OC(=O)c1cccc(NC(c2cccnc2)c2ccc(OC(F)F)c(OC3CCC3)n2)c1. The van der Waals surface area contributed by atoms with E-state index in [1.54, 1.807) is 42.7 Å². The van der Waals surface area contributed by atoms with Crippen LogP contribution in [0.5, 0.6) is 11.6 Å². The van der Waals surface area contributed by atoms with Gasteiger partial charge in [0.15, 0.2) is 5.75 Å². The van der Waals surface area contributed by atoms with Crippen LogP contribution in [0.1, 0.15) is 67.7 Å². The van der Waals surface area contributed by atoms with Crippen LogP contribution in [0.2, 0.25) is 0 Å². The van der Waals surface area contributed by atoms with E-state index in [9.17, 15) is 13.6 Å². The molecular weight excluding hydrogens is 468 g/mol. The zero-order chi connectivity index (χ0) is 25.7. The Hall–Kier alpha value is -3.75. The number of nitrogens with one attached hydrogen (secondary N) is 1. The normalized spacial score (nSPS) is 14.6. The molecular formula is C27H29F2N3O4. The topological polar surface area (TPSA) is 82.6 Å². The summed E-state index contributed by atoms with van der Waals surface area (Å²) >= 11 is 0. The van der Waals surface area contributed by atoms with Crippen molar-refractivity contribution in [2.24, 2.45) is 0 Å². The highest BCUT2D eigenvalue weighted by Crippen LogP contribution is 2.35. The molecule has 1 fully saturated rings. The quantitative estimate of drug-likeness (QED) is 0.354. The number of halogens is 2. The molecule has 2 heterocycles. The highest BCUT2D eigenvalue weighted by atomic mass is 19.3. The van der Waals surface area contributed by atoms with E-state index in [-0.39, 0.29) is 17.7 Å². The van der Waals surface area contributed by atoms with E-state index in [0.717, 1.165) is 24.8 Å². The zero-order valence-corrected chi connectivity index (χ0v) is 20.4. The summed E-state index contributed by atoms with van der Waals surface area (Å²) < 4.78 is 42.0. The Balaban J connectivity index is 1.67. The lowest BCUT2D eigenvalue weighted by Gasteiger charge is -2.27. The van der Waals surface area contributed by atoms with E-state index in [1.165, 1.54) is 6.07 Å². The third-order valence-electron chi connectivity index (χ3n) is 5.52. The van der Waals surface area contributed by atoms with Crippen molar-refractivity contribution in [2.75, 3.05) is 5.32 Å². The summed E-state index contributed by atoms with van der Waals surface area (Å²) in [5.74, 6) is -0.528. The minimum absolute atomic E-state index is 0.0238. The first-order valence-corrected chi connectivity index (χ1v) is 11.8. The van der Waals surface area contributed by atoms with Crippen LogP contribution < -0.4 is 14.8 Å². The number of pyridine rings is 2. The van der Waals surface area contributed by atoms with Gasteiger partial charge in [0.25, 0.3) is 5.88 Å². The molecule has 3 aromatic rings. The number of benzene rings is 1. The number of rotatable bonds is 9. The standard InChI is InChI=1S/C27H29F2N3O4/c1-27(2,3)36-25(33)17-7-4-9-19(15-17)31-23(18-8-6-14-30-16-18)21-12-13-22(35-26(28)29)24(32-21)34-20-10-5-11-20/h4,6-9,12-16,20,23,26,31H,5,10-11H2,1-3H3. The first-order chi connectivity index (χ1) is 17.2. The van der Waals surface area contributed by atoms with Crippen LogP contribution in [-0.2, 0) is 4.74 Å². The summed E-state index contributed by atoms with van der Waals surface area (Å²) in [4.78, 5) is 21.4. The van der Waals surface area contributed by atoms with Crippen molar-refractivity contribution in [1.29, 1.82) is 0 Å². The number of hydrogen-bond acceptors (Lipinski definition) is 7. The molecule has 1 aromatic carbocycles. The van der Waals surface area contributed by atoms with Crippen LogP contribution in [0.15, 0.2) is 60.9 Å². The number of aromatic nitrogens is 2. The maximum atomic E-state index is 13.0. The number of esters is 1.